The van der Waals surface area contributed by atoms with Crippen molar-refractivity contribution in [2.24, 2.45) is 0 Å². The molecule has 0 radical (unpaired) electrons. The van der Waals surface area contributed by atoms with Gasteiger partial charge >= 0.3 is 5.97 Å². The molecule has 0 spiro atoms. The number of hydrogen-bond donors (Lipinski definition) is 1. The van der Waals surface area contributed by atoms with Gasteiger partial charge < -0.3 is 14.6 Å². The van der Waals surface area contributed by atoms with Gasteiger partial charge in [0.25, 0.3) is 0 Å². The molecule has 1 N–H and O–H groups in total. The quantitative estimate of drug-likeness (QED) is 0.844. The van der Waals surface area contributed by atoms with E-state index in [0.29, 0.717) is 26.1 Å². The van der Waals surface area contributed by atoms with Crippen LogP contribution in [0.5, 0.6) is 11.5 Å². The summed E-state index contributed by atoms with van der Waals surface area (Å²) in [6.45, 7) is 1.13. The van der Waals surface area contributed by atoms with Crippen molar-refractivity contribution < 1.29 is 19.4 Å². The zero-order valence-electron chi connectivity index (χ0n) is 8.94. The Morgan fingerprint density at radius 1 is 1.31 bits per heavy atom. The van der Waals surface area contributed by atoms with Gasteiger partial charge in [0.05, 0.1) is 0 Å². The summed E-state index contributed by atoms with van der Waals surface area (Å²) in [5.74, 6) is 0.778. The number of carboxylic acid groups (broad SMARTS) is 1. The SMILES string of the molecule is O=C(O)CCCc1cccc2c1OCCO2. The van der Waals surface area contributed by atoms with Crippen molar-refractivity contribution in [1.29, 1.82) is 0 Å². The summed E-state index contributed by atoms with van der Waals surface area (Å²) in [5.41, 5.74) is 1.03. The monoisotopic (exact) mass is 222 g/mol. The molecular weight excluding hydrogens is 208 g/mol. The average Bonchev–Trinajstić information content (AvgIpc) is 2.29. The molecule has 1 aromatic rings. The Balaban J connectivity index is 2.05. The van der Waals surface area contributed by atoms with Gasteiger partial charge in [0.2, 0.25) is 0 Å². The molecule has 1 aliphatic heterocycles. The molecule has 1 aromatic carbocycles. The molecule has 1 heterocycles. The van der Waals surface area contributed by atoms with E-state index >= 15 is 0 Å². The minimum Gasteiger partial charge on any atom is -0.486 e. The molecule has 16 heavy (non-hydrogen) atoms. The number of benzene rings is 1. The molecule has 0 saturated carbocycles. The maximum atomic E-state index is 10.4. The molecule has 2 rings (SSSR count). The summed E-state index contributed by atoms with van der Waals surface area (Å²) >= 11 is 0. The molecule has 0 saturated heterocycles. The zero-order chi connectivity index (χ0) is 11.4. The van der Waals surface area contributed by atoms with Gasteiger partial charge in [-0.05, 0) is 24.5 Å². The molecule has 0 amide bonds. The van der Waals surface area contributed by atoms with Crippen molar-refractivity contribution in [2.75, 3.05) is 13.2 Å². The largest absolute Gasteiger partial charge is 0.486 e. The second-order valence-corrected chi connectivity index (χ2v) is 3.69. The molecule has 4 nitrogen and oxygen atoms in total. The van der Waals surface area contributed by atoms with E-state index in [1.165, 1.54) is 0 Å². The maximum absolute atomic E-state index is 10.4. The molecule has 0 bridgehead atoms. The minimum atomic E-state index is -0.762. The van der Waals surface area contributed by atoms with Crippen LogP contribution in [0.3, 0.4) is 0 Å². The second-order valence-electron chi connectivity index (χ2n) is 3.69. The van der Waals surface area contributed by atoms with E-state index in [2.05, 4.69) is 0 Å². The third-order valence-electron chi connectivity index (χ3n) is 2.48. The molecule has 1 aliphatic rings. The highest BCUT2D eigenvalue weighted by Crippen LogP contribution is 2.34. The summed E-state index contributed by atoms with van der Waals surface area (Å²) in [4.78, 5) is 10.4. The fraction of sp³-hybridized carbons (Fsp3) is 0.417. The van der Waals surface area contributed by atoms with Crippen LogP contribution in [-0.2, 0) is 11.2 Å². The number of aliphatic carboxylic acids is 1. The van der Waals surface area contributed by atoms with E-state index < -0.39 is 5.97 Å². The molecule has 0 atom stereocenters. The molecule has 0 fully saturated rings. The predicted molar refractivity (Wildman–Crippen MR) is 58.0 cm³/mol. The van der Waals surface area contributed by atoms with Crippen molar-refractivity contribution in [1.82, 2.24) is 0 Å². The van der Waals surface area contributed by atoms with Crippen LogP contribution >= 0.6 is 0 Å². The number of rotatable bonds is 4. The molecule has 86 valence electrons. The van der Waals surface area contributed by atoms with Gasteiger partial charge in [0.1, 0.15) is 13.2 Å². The van der Waals surface area contributed by atoms with E-state index in [4.69, 9.17) is 14.6 Å². The average molecular weight is 222 g/mol. The predicted octanol–water partition coefficient (Wildman–Crippen LogP) is 1.87. The standard InChI is InChI=1S/C12H14O4/c13-11(14)6-2-4-9-3-1-5-10-12(9)16-8-7-15-10/h1,3,5H,2,4,6-8H2,(H,13,14). The Morgan fingerprint density at radius 3 is 2.94 bits per heavy atom. The van der Waals surface area contributed by atoms with Crippen LogP contribution < -0.4 is 9.47 Å². The van der Waals surface area contributed by atoms with Crippen LogP contribution in [0.4, 0.5) is 0 Å². The van der Waals surface area contributed by atoms with Gasteiger partial charge in [-0.3, -0.25) is 4.79 Å². The number of aryl methyl sites for hydroxylation is 1. The van der Waals surface area contributed by atoms with Gasteiger partial charge in [-0.2, -0.15) is 0 Å². The zero-order valence-corrected chi connectivity index (χ0v) is 8.94. The molecule has 0 aromatic heterocycles. The van der Waals surface area contributed by atoms with E-state index in [0.717, 1.165) is 17.1 Å². The fourth-order valence-electron chi connectivity index (χ4n) is 1.76. The number of hydrogen-bond acceptors (Lipinski definition) is 3. The van der Waals surface area contributed by atoms with Crippen LogP contribution in [0.2, 0.25) is 0 Å². The van der Waals surface area contributed by atoms with Crippen molar-refractivity contribution in [2.45, 2.75) is 19.3 Å². The lowest BCUT2D eigenvalue weighted by Gasteiger charge is -2.20. The number of para-hydroxylation sites is 1. The van der Waals surface area contributed by atoms with E-state index in [1.54, 1.807) is 0 Å². The van der Waals surface area contributed by atoms with Gasteiger partial charge in [-0.15, -0.1) is 0 Å². The first-order chi connectivity index (χ1) is 7.77. The van der Waals surface area contributed by atoms with Crippen molar-refractivity contribution >= 4 is 5.97 Å². The Kier molecular flexibility index (Phi) is 3.29. The van der Waals surface area contributed by atoms with E-state index in [9.17, 15) is 4.79 Å². The van der Waals surface area contributed by atoms with Crippen LogP contribution in [0, 0.1) is 0 Å². The van der Waals surface area contributed by atoms with Crippen LogP contribution in [-0.4, -0.2) is 24.3 Å². The Hall–Kier alpha value is -1.71. The number of ether oxygens (including phenoxy) is 2. The molecular formula is C12H14O4. The summed E-state index contributed by atoms with van der Waals surface area (Å²) in [6.07, 6.45) is 1.51. The van der Waals surface area contributed by atoms with Gasteiger partial charge in [0.15, 0.2) is 11.5 Å². The lowest BCUT2D eigenvalue weighted by Crippen LogP contribution is -2.16. The lowest BCUT2D eigenvalue weighted by molar-refractivity contribution is -0.137. The highest BCUT2D eigenvalue weighted by Gasteiger charge is 2.15. The third kappa shape index (κ3) is 2.45. The highest BCUT2D eigenvalue weighted by molar-refractivity contribution is 5.66. The fourth-order valence-corrected chi connectivity index (χ4v) is 1.76. The second kappa shape index (κ2) is 4.88. The first-order valence-corrected chi connectivity index (χ1v) is 5.36. The maximum Gasteiger partial charge on any atom is 0.303 e. The van der Waals surface area contributed by atoms with E-state index in [1.807, 2.05) is 18.2 Å². The van der Waals surface area contributed by atoms with Crippen LogP contribution in [0.1, 0.15) is 18.4 Å². The number of fused-ring (bicyclic) bond motifs is 1. The highest BCUT2D eigenvalue weighted by atomic mass is 16.6. The van der Waals surface area contributed by atoms with Crippen molar-refractivity contribution in [3.8, 4) is 11.5 Å². The lowest BCUT2D eigenvalue weighted by atomic mass is 10.1. The summed E-state index contributed by atoms with van der Waals surface area (Å²) in [6, 6.07) is 5.73. The molecule has 0 aliphatic carbocycles. The number of carbonyl (C=O) groups is 1. The van der Waals surface area contributed by atoms with Gasteiger partial charge in [0, 0.05) is 6.42 Å². The minimum absolute atomic E-state index is 0.185. The molecule has 4 heteroatoms. The van der Waals surface area contributed by atoms with Gasteiger partial charge in [-0.1, -0.05) is 12.1 Å². The first kappa shape index (κ1) is 10.8. The Bertz CT molecular complexity index is 387. The smallest absolute Gasteiger partial charge is 0.303 e. The Labute approximate surface area is 93.8 Å². The van der Waals surface area contributed by atoms with E-state index in [-0.39, 0.29) is 6.42 Å². The molecule has 0 unspecified atom stereocenters. The van der Waals surface area contributed by atoms with Crippen molar-refractivity contribution in [3.05, 3.63) is 23.8 Å². The summed E-state index contributed by atoms with van der Waals surface area (Å²) < 4.78 is 11.0. The normalized spacial score (nSPS) is 13.5. The third-order valence-corrected chi connectivity index (χ3v) is 2.48. The number of carboxylic acids is 1. The topological polar surface area (TPSA) is 55.8 Å². The summed E-state index contributed by atoms with van der Waals surface area (Å²) in [5, 5.41) is 8.57. The van der Waals surface area contributed by atoms with Crippen molar-refractivity contribution in [3.63, 3.8) is 0 Å². The van der Waals surface area contributed by atoms with Crippen LogP contribution in [0.15, 0.2) is 18.2 Å². The van der Waals surface area contributed by atoms with Crippen LogP contribution in [0.25, 0.3) is 0 Å². The first-order valence-electron chi connectivity index (χ1n) is 5.36. The Morgan fingerprint density at radius 2 is 2.12 bits per heavy atom. The summed E-state index contributed by atoms with van der Waals surface area (Å²) in [7, 11) is 0. The van der Waals surface area contributed by atoms with Gasteiger partial charge in [-0.25, -0.2) is 0 Å².